The van der Waals surface area contributed by atoms with Gasteiger partial charge in [0.15, 0.2) is 0 Å². The molecule has 0 bridgehead atoms. The van der Waals surface area contributed by atoms with E-state index in [9.17, 15) is 24.0 Å². The van der Waals surface area contributed by atoms with Crippen LogP contribution in [0.25, 0.3) is 11.3 Å². The molecule has 6 amide bonds. The zero-order chi connectivity index (χ0) is 43.9. The number of rotatable bonds is 9. The van der Waals surface area contributed by atoms with Gasteiger partial charge in [0.25, 0.3) is 11.8 Å². The molecule has 16 nitrogen and oxygen atoms in total. The number of hydrogen-bond donors (Lipinski definition) is 3. The van der Waals surface area contributed by atoms with Crippen molar-refractivity contribution in [1.29, 1.82) is 0 Å². The molecule has 16 heteroatoms. The lowest BCUT2D eigenvalue weighted by Gasteiger charge is -2.45. The predicted molar refractivity (Wildman–Crippen MR) is 238 cm³/mol. The van der Waals surface area contributed by atoms with E-state index < -0.39 is 17.9 Å². The number of ether oxygens (including phenoxy) is 1. The fourth-order valence-corrected chi connectivity index (χ4v) is 10.9. The Hall–Kier alpha value is -6.26. The van der Waals surface area contributed by atoms with Crippen LogP contribution in [-0.2, 0) is 22.7 Å². The van der Waals surface area contributed by atoms with Crippen LogP contribution in [0, 0.1) is 5.92 Å². The monoisotopic (exact) mass is 868 g/mol. The summed E-state index contributed by atoms with van der Waals surface area (Å²) >= 11 is 0. The third kappa shape index (κ3) is 8.31. The molecular formula is C48H56N10O6. The molecule has 0 spiro atoms. The minimum atomic E-state index is -0.623. The van der Waals surface area contributed by atoms with Crippen molar-refractivity contribution in [2.45, 2.75) is 76.2 Å². The molecule has 4 saturated heterocycles. The quantitative estimate of drug-likeness (QED) is 0.200. The highest BCUT2D eigenvalue weighted by atomic mass is 16.5. The Balaban J connectivity index is 0.687. The van der Waals surface area contributed by atoms with E-state index in [4.69, 9.17) is 15.6 Å². The topological polar surface area (TPSA) is 179 Å². The molecular weight excluding hydrogens is 813 g/mol. The maximum absolute atomic E-state index is 13.7. The van der Waals surface area contributed by atoms with Gasteiger partial charge in [0.1, 0.15) is 34.6 Å². The standard InChI is InChI=1S/C48H56N10O6/c49-44(60)42-43(33-7-9-37(10-8-33)64-36-4-2-1-3-5-36)52-58-39(14-19-50-45(42)58)32-15-20-54(21-16-32)35-17-22-55(23-18-35)48(63)56-26-24-53(25-27-56)29-31-6-11-38-34(28-31)30-57(47(38)62)40-12-13-41(59)51-46(40)61/h1-11,28,32,35,39-40,50H,12-27,29-30H2,(H2,49,60)(H,51,59,61)/t39-,40?/m0/s1. The molecule has 6 aliphatic heterocycles. The van der Waals surface area contributed by atoms with Crippen molar-refractivity contribution < 1.29 is 28.7 Å². The van der Waals surface area contributed by atoms with Crippen LogP contribution in [-0.4, -0.2) is 135 Å². The number of imide groups is 1. The van der Waals surface area contributed by atoms with E-state index in [0.717, 1.165) is 107 Å². The van der Waals surface area contributed by atoms with Gasteiger partial charge in [-0.05, 0) is 111 Å². The number of primary amides is 1. The molecule has 1 unspecified atom stereocenters. The lowest BCUT2D eigenvalue weighted by Crippen LogP contribution is -2.55. The Kier molecular flexibility index (Phi) is 11.6. The number of piperidine rings is 3. The van der Waals surface area contributed by atoms with E-state index in [1.165, 1.54) is 0 Å². The Bertz CT molecular complexity index is 2420. The van der Waals surface area contributed by atoms with Crippen LogP contribution in [0.5, 0.6) is 11.5 Å². The van der Waals surface area contributed by atoms with E-state index in [0.29, 0.717) is 66.4 Å². The fraction of sp³-hybridized carbons (Fsp3) is 0.458. The highest BCUT2D eigenvalue weighted by molar-refractivity contribution is 6.05. The number of fused-ring (bicyclic) bond motifs is 2. The second kappa shape index (κ2) is 17.7. The number of nitrogens with zero attached hydrogens (tertiary/aromatic N) is 7. The van der Waals surface area contributed by atoms with Crippen molar-refractivity contribution in [3.05, 3.63) is 95.1 Å². The first-order valence-electron chi connectivity index (χ1n) is 22.9. The number of carbonyl (C=O) groups excluding carboxylic acids is 5. The predicted octanol–water partition coefficient (Wildman–Crippen LogP) is 4.67. The summed E-state index contributed by atoms with van der Waals surface area (Å²) < 4.78 is 8.03. The van der Waals surface area contributed by atoms with Crippen LogP contribution in [0.4, 0.5) is 10.6 Å². The van der Waals surface area contributed by atoms with E-state index in [1.807, 2.05) is 81.2 Å². The fourth-order valence-electron chi connectivity index (χ4n) is 10.9. The van der Waals surface area contributed by atoms with E-state index >= 15 is 0 Å². The molecule has 0 saturated carbocycles. The van der Waals surface area contributed by atoms with Crippen LogP contribution in [0.2, 0.25) is 0 Å². The average Bonchev–Trinajstić information content (AvgIpc) is 3.87. The third-order valence-electron chi connectivity index (χ3n) is 14.3. The van der Waals surface area contributed by atoms with Gasteiger partial charge in [0.2, 0.25) is 11.8 Å². The molecule has 4 aromatic rings. The lowest BCUT2D eigenvalue weighted by molar-refractivity contribution is -0.136. The number of aromatic nitrogens is 2. The highest BCUT2D eigenvalue weighted by Gasteiger charge is 2.40. The van der Waals surface area contributed by atoms with Crippen molar-refractivity contribution >= 4 is 35.5 Å². The van der Waals surface area contributed by atoms with Gasteiger partial charge in [-0.25, -0.2) is 9.48 Å². The van der Waals surface area contributed by atoms with Crippen LogP contribution in [0.3, 0.4) is 0 Å². The summed E-state index contributed by atoms with van der Waals surface area (Å²) in [5.41, 5.74) is 10.5. The first kappa shape index (κ1) is 41.7. The minimum Gasteiger partial charge on any atom is -0.457 e. The SMILES string of the molecule is NC(=O)c1c(-c2ccc(Oc3ccccc3)cc2)nn2c1NCC[C@H]2C1CCN(C2CCN(C(=O)N3CCN(Cc4ccc5c(c4)CN(C4CCC(=O)NC4=O)C5=O)CC3)CC2)CC1. The molecule has 3 aromatic carbocycles. The Labute approximate surface area is 372 Å². The molecule has 1 aromatic heterocycles. The van der Waals surface area contributed by atoms with Gasteiger partial charge < -0.3 is 35.4 Å². The number of benzene rings is 3. The summed E-state index contributed by atoms with van der Waals surface area (Å²) in [7, 11) is 0. The number of amides is 6. The van der Waals surface area contributed by atoms with Gasteiger partial charge in [-0.3, -0.25) is 29.4 Å². The first-order valence-corrected chi connectivity index (χ1v) is 22.9. The number of para-hydroxylation sites is 1. The largest absolute Gasteiger partial charge is 0.457 e. The second-order valence-electron chi connectivity index (χ2n) is 18.1. The summed E-state index contributed by atoms with van der Waals surface area (Å²) in [6, 6.07) is 23.3. The van der Waals surface area contributed by atoms with Crippen molar-refractivity contribution in [1.82, 2.24) is 39.6 Å². The van der Waals surface area contributed by atoms with Crippen molar-refractivity contribution in [2.75, 3.05) is 64.2 Å². The molecule has 4 fully saturated rings. The summed E-state index contributed by atoms with van der Waals surface area (Å²) in [5.74, 6) is 1.24. The zero-order valence-corrected chi connectivity index (χ0v) is 36.1. The summed E-state index contributed by atoms with van der Waals surface area (Å²) in [6.45, 7) is 8.26. The minimum absolute atomic E-state index is 0.133. The number of anilines is 1. The average molecular weight is 869 g/mol. The molecule has 10 rings (SSSR count). The van der Waals surface area contributed by atoms with E-state index in [1.54, 1.807) is 4.90 Å². The molecule has 334 valence electrons. The number of nitrogens with one attached hydrogen (secondary N) is 2. The number of hydrogen-bond acceptors (Lipinski definition) is 10. The Morgan fingerprint density at radius 1 is 0.781 bits per heavy atom. The van der Waals surface area contributed by atoms with Crippen LogP contribution in [0.15, 0.2) is 72.8 Å². The molecule has 64 heavy (non-hydrogen) atoms. The first-order chi connectivity index (χ1) is 31.2. The van der Waals surface area contributed by atoms with E-state index in [-0.39, 0.29) is 30.3 Å². The number of urea groups is 1. The van der Waals surface area contributed by atoms with Crippen molar-refractivity contribution in [3.63, 3.8) is 0 Å². The lowest BCUT2D eigenvalue weighted by atomic mass is 9.85. The highest BCUT2D eigenvalue weighted by Crippen LogP contribution is 2.41. The Morgan fingerprint density at radius 3 is 2.22 bits per heavy atom. The van der Waals surface area contributed by atoms with Gasteiger partial charge in [0, 0.05) is 82.5 Å². The number of nitrogens with two attached hydrogens (primary N) is 1. The molecule has 6 aliphatic rings. The number of piperazine rings is 1. The van der Waals surface area contributed by atoms with Gasteiger partial charge >= 0.3 is 6.03 Å². The smallest absolute Gasteiger partial charge is 0.320 e. The normalized spacial score (nSPS) is 22.5. The molecule has 0 radical (unpaired) electrons. The Morgan fingerprint density at radius 2 is 1.50 bits per heavy atom. The second-order valence-corrected chi connectivity index (χ2v) is 18.1. The molecule has 2 atom stereocenters. The van der Waals surface area contributed by atoms with Crippen LogP contribution >= 0.6 is 0 Å². The van der Waals surface area contributed by atoms with Crippen LogP contribution in [0.1, 0.15) is 82.8 Å². The molecule has 0 aliphatic carbocycles. The maximum Gasteiger partial charge on any atom is 0.320 e. The van der Waals surface area contributed by atoms with Crippen LogP contribution < -0.4 is 21.1 Å². The summed E-state index contributed by atoms with van der Waals surface area (Å²) in [5, 5.41) is 10.9. The maximum atomic E-state index is 13.7. The van der Waals surface area contributed by atoms with Crippen molar-refractivity contribution in [2.24, 2.45) is 11.7 Å². The van der Waals surface area contributed by atoms with Gasteiger partial charge in [0.05, 0.1) is 6.04 Å². The van der Waals surface area contributed by atoms with E-state index in [2.05, 4.69) is 26.5 Å². The summed E-state index contributed by atoms with van der Waals surface area (Å²) in [6.07, 6.45) is 5.54. The number of carbonyl (C=O) groups is 5. The van der Waals surface area contributed by atoms with Gasteiger partial charge in [-0.1, -0.05) is 30.3 Å². The molecule has 4 N–H and O–H groups in total. The summed E-state index contributed by atoms with van der Waals surface area (Å²) in [4.78, 5) is 74.5. The van der Waals surface area contributed by atoms with Gasteiger partial charge in [-0.2, -0.15) is 5.10 Å². The third-order valence-corrected chi connectivity index (χ3v) is 14.3. The van der Waals surface area contributed by atoms with Crippen molar-refractivity contribution in [3.8, 4) is 22.8 Å². The zero-order valence-electron chi connectivity index (χ0n) is 36.1. The molecule has 7 heterocycles. The number of likely N-dealkylation sites (tertiary alicyclic amines) is 2. The van der Waals surface area contributed by atoms with Gasteiger partial charge in [-0.15, -0.1) is 0 Å².